The van der Waals surface area contributed by atoms with Crippen LogP contribution in [-0.4, -0.2) is 11.0 Å². The van der Waals surface area contributed by atoms with Gasteiger partial charge < -0.3 is 0 Å². The standard InChI is InChI=1S/C18H18OS/c19-17-13-15(14-7-3-1-4-8-14)11-12-18(17)20-16-9-5-2-6-10-16/h1-10,15,18H,11-13H2. The van der Waals surface area contributed by atoms with Crippen molar-refractivity contribution in [2.75, 3.05) is 0 Å². The number of hydrogen-bond acceptors (Lipinski definition) is 2. The van der Waals surface area contributed by atoms with Gasteiger partial charge in [0.05, 0.1) is 5.25 Å². The molecular weight excluding hydrogens is 264 g/mol. The van der Waals surface area contributed by atoms with Crippen molar-refractivity contribution in [2.24, 2.45) is 0 Å². The molecule has 0 N–H and O–H groups in total. The largest absolute Gasteiger partial charge is 0.298 e. The van der Waals surface area contributed by atoms with E-state index in [4.69, 9.17) is 0 Å². The number of benzene rings is 2. The van der Waals surface area contributed by atoms with E-state index in [2.05, 4.69) is 36.4 Å². The first-order chi connectivity index (χ1) is 9.83. The molecule has 1 fully saturated rings. The first-order valence-electron chi connectivity index (χ1n) is 7.12. The Morgan fingerprint density at radius 1 is 0.850 bits per heavy atom. The molecule has 2 heteroatoms. The topological polar surface area (TPSA) is 17.1 Å². The first-order valence-corrected chi connectivity index (χ1v) is 8.00. The molecule has 102 valence electrons. The van der Waals surface area contributed by atoms with Gasteiger partial charge in [-0.15, -0.1) is 11.8 Å². The van der Waals surface area contributed by atoms with Crippen LogP contribution in [0.3, 0.4) is 0 Å². The normalized spacial score (nSPS) is 22.7. The summed E-state index contributed by atoms with van der Waals surface area (Å²) in [5.74, 6) is 0.815. The van der Waals surface area contributed by atoms with E-state index in [0.29, 0.717) is 18.1 Å². The van der Waals surface area contributed by atoms with Crippen molar-refractivity contribution in [1.82, 2.24) is 0 Å². The lowest BCUT2D eigenvalue weighted by atomic mass is 9.83. The Labute approximate surface area is 124 Å². The zero-order valence-electron chi connectivity index (χ0n) is 11.4. The third-order valence-corrected chi connectivity index (χ3v) is 5.20. The Bertz CT molecular complexity index is 564. The predicted molar refractivity (Wildman–Crippen MR) is 84.1 cm³/mol. The molecule has 0 saturated heterocycles. The summed E-state index contributed by atoms with van der Waals surface area (Å²) in [6.45, 7) is 0. The van der Waals surface area contributed by atoms with Gasteiger partial charge in [-0.05, 0) is 36.5 Å². The van der Waals surface area contributed by atoms with E-state index >= 15 is 0 Å². The van der Waals surface area contributed by atoms with Crippen molar-refractivity contribution >= 4 is 17.5 Å². The average Bonchev–Trinajstić information content (AvgIpc) is 2.51. The molecule has 0 aromatic heterocycles. The van der Waals surface area contributed by atoms with Crippen molar-refractivity contribution in [1.29, 1.82) is 0 Å². The van der Waals surface area contributed by atoms with Gasteiger partial charge >= 0.3 is 0 Å². The molecule has 2 aromatic rings. The Morgan fingerprint density at radius 3 is 2.15 bits per heavy atom. The summed E-state index contributed by atoms with van der Waals surface area (Å²) < 4.78 is 0. The van der Waals surface area contributed by atoms with E-state index in [1.807, 2.05) is 24.3 Å². The second-order valence-corrected chi connectivity index (χ2v) is 6.55. The zero-order chi connectivity index (χ0) is 13.8. The number of thioether (sulfide) groups is 1. The van der Waals surface area contributed by atoms with E-state index in [-0.39, 0.29) is 5.25 Å². The summed E-state index contributed by atoms with van der Waals surface area (Å²) in [5.41, 5.74) is 1.31. The number of rotatable bonds is 3. The Balaban J connectivity index is 1.64. The highest BCUT2D eigenvalue weighted by Crippen LogP contribution is 2.37. The fourth-order valence-corrected chi connectivity index (χ4v) is 3.91. The smallest absolute Gasteiger partial charge is 0.146 e. The minimum Gasteiger partial charge on any atom is -0.298 e. The van der Waals surface area contributed by atoms with Crippen LogP contribution in [0.4, 0.5) is 0 Å². The number of carbonyl (C=O) groups excluding carboxylic acids is 1. The second kappa shape index (κ2) is 6.27. The molecule has 1 aliphatic carbocycles. The van der Waals surface area contributed by atoms with Gasteiger partial charge in [-0.25, -0.2) is 0 Å². The van der Waals surface area contributed by atoms with E-state index < -0.39 is 0 Å². The van der Waals surface area contributed by atoms with Gasteiger partial charge in [-0.1, -0.05) is 48.5 Å². The maximum atomic E-state index is 12.4. The summed E-state index contributed by atoms with van der Waals surface area (Å²) in [4.78, 5) is 13.6. The van der Waals surface area contributed by atoms with Gasteiger partial charge in [-0.3, -0.25) is 4.79 Å². The zero-order valence-corrected chi connectivity index (χ0v) is 12.2. The molecule has 0 heterocycles. The highest BCUT2D eigenvalue weighted by molar-refractivity contribution is 8.00. The minimum absolute atomic E-state index is 0.136. The van der Waals surface area contributed by atoms with Crippen molar-refractivity contribution in [3.8, 4) is 0 Å². The summed E-state index contributed by atoms with van der Waals surface area (Å²) in [6, 6.07) is 20.7. The number of ketones is 1. The molecular formula is C18H18OS. The van der Waals surface area contributed by atoms with Crippen LogP contribution in [-0.2, 0) is 4.79 Å². The SMILES string of the molecule is O=C1CC(c2ccccc2)CCC1Sc1ccccc1. The third-order valence-electron chi connectivity index (χ3n) is 3.88. The van der Waals surface area contributed by atoms with Crippen LogP contribution < -0.4 is 0 Å². The molecule has 0 spiro atoms. The number of Topliss-reactive ketones (excluding diaryl/α,β-unsaturated/α-hetero) is 1. The fourth-order valence-electron chi connectivity index (χ4n) is 2.79. The average molecular weight is 282 g/mol. The quantitative estimate of drug-likeness (QED) is 0.812. The molecule has 3 rings (SSSR count). The van der Waals surface area contributed by atoms with Crippen LogP contribution in [0, 0.1) is 0 Å². The van der Waals surface area contributed by atoms with E-state index in [1.165, 1.54) is 10.5 Å². The fraction of sp³-hybridized carbons (Fsp3) is 0.278. The van der Waals surface area contributed by atoms with Crippen LogP contribution in [0.15, 0.2) is 65.6 Å². The van der Waals surface area contributed by atoms with Crippen molar-refractivity contribution in [3.63, 3.8) is 0 Å². The lowest BCUT2D eigenvalue weighted by Gasteiger charge is -2.27. The lowest BCUT2D eigenvalue weighted by Crippen LogP contribution is -2.26. The molecule has 1 aliphatic rings. The van der Waals surface area contributed by atoms with Crippen LogP contribution >= 0.6 is 11.8 Å². The highest BCUT2D eigenvalue weighted by atomic mass is 32.2. The van der Waals surface area contributed by atoms with E-state index in [9.17, 15) is 4.79 Å². The molecule has 2 atom stereocenters. The van der Waals surface area contributed by atoms with Gasteiger partial charge in [-0.2, -0.15) is 0 Å². The van der Waals surface area contributed by atoms with Crippen molar-refractivity contribution in [3.05, 3.63) is 66.2 Å². The maximum Gasteiger partial charge on any atom is 0.146 e. The maximum absolute atomic E-state index is 12.4. The predicted octanol–water partition coefficient (Wildman–Crippen LogP) is 4.68. The van der Waals surface area contributed by atoms with Gasteiger partial charge in [0.1, 0.15) is 5.78 Å². The van der Waals surface area contributed by atoms with Crippen LogP contribution in [0.1, 0.15) is 30.7 Å². The van der Waals surface area contributed by atoms with Crippen molar-refractivity contribution in [2.45, 2.75) is 35.3 Å². The molecule has 0 bridgehead atoms. The summed E-state index contributed by atoms with van der Waals surface area (Å²) in [6.07, 6.45) is 2.78. The minimum atomic E-state index is 0.136. The summed E-state index contributed by atoms with van der Waals surface area (Å²) in [7, 11) is 0. The molecule has 2 aromatic carbocycles. The monoisotopic (exact) mass is 282 g/mol. The van der Waals surface area contributed by atoms with Crippen LogP contribution in [0.2, 0.25) is 0 Å². The number of hydrogen-bond donors (Lipinski definition) is 0. The van der Waals surface area contributed by atoms with E-state index in [0.717, 1.165) is 12.8 Å². The van der Waals surface area contributed by atoms with Gasteiger partial charge in [0.2, 0.25) is 0 Å². The highest BCUT2D eigenvalue weighted by Gasteiger charge is 2.29. The van der Waals surface area contributed by atoms with Gasteiger partial charge in [0.25, 0.3) is 0 Å². The Hall–Kier alpha value is -1.54. The lowest BCUT2D eigenvalue weighted by molar-refractivity contribution is -0.120. The van der Waals surface area contributed by atoms with Gasteiger partial charge in [0.15, 0.2) is 0 Å². The molecule has 0 aliphatic heterocycles. The summed E-state index contributed by atoms with van der Waals surface area (Å²) >= 11 is 1.72. The molecule has 1 nitrogen and oxygen atoms in total. The molecule has 0 radical (unpaired) electrons. The van der Waals surface area contributed by atoms with Crippen LogP contribution in [0.5, 0.6) is 0 Å². The Kier molecular flexibility index (Phi) is 4.22. The second-order valence-electron chi connectivity index (χ2n) is 5.27. The number of carbonyl (C=O) groups is 1. The van der Waals surface area contributed by atoms with Crippen LogP contribution in [0.25, 0.3) is 0 Å². The summed E-state index contributed by atoms with van der Waals surface area (Å²) in [5, 5.41) is 0.136. The molecule has 1 saturated carbocycles. The van der Waals surface area contributed by atoms with Gasteiger partial charge in [0, 0.05) is 11.3 Å². The molecule has 20 heavy (non-hydrogen) atoms. The molecule has 0 amide bonds. The van der Waals surface area contributed by atoms with E-state index in [1.54, 1.807) is 11.8 Å². The van der Waals surface area contributed by atoms with Crippen molar-refractivity contribution < 1.29 is 4.79 Å². The Morgan fingerprint density at radius 2 is 1.50 bits per heavy atom. The first kappa shape index (κ1) is 13.4. The molecule has 2 unspecified atom stereocenters. The third kappa shape index (κ3) is 3.13.